The van der Waals surface area contributed by atoms with Crippen molar-refractivity contribution in [2.45, 2.75) is 12.8 Å². The van der Waals surface area contributed by atoms with Gasteiger partial charge in [0.1, 0.15) is 5.75 Å². The molecule has 0 fully saturated rings. The maximum Gasteiger partial charge on any atom is 0.314 e. The summed E-state index contributed by atoms with van der Waals surface area (Å²) in [5.74, 6) is 1.27. The fourth-order valence-electron chi connectivity index (χ4n) is 2.67. The van der Waals surface area contributed by atoms with Crippen molar-refractivity contribution in [2.24, 2.45) is 5.92 Å². The molecule has 0 spiro atoms. The molecule has 2 amide bonds. The first kappa shape index (κ1) is 15.3. The number of carbonyl (C=O) groups is 1. The number of benzene rings is 1. The lowest BCUT2D eigenvalue weighted by molar-refractivity contribution is 0.211. The lowest BCUT2D eigenvalue weighted by atomic mass is 9.97. The van der Waals surface area contributed by atoms with Gasteiger partial charge in [-0.3, -0.25) is 4.98 Å². The Hall–Kier alpha value is -2.56. The molecule has 2 N–H and O–H groups in total. The van der Waals surface area contributed by atoms with E-state index in [0.29, 0.717) is 25.6 Å². The van der Waals surface area contributed by atoms with Crippen LogP contribution in [0.1, 0.15) is 11.3 Å². The quantitative estimate of drug-likeness (QED) is 0.889. The third-order valence-electron chi connectivity index (χ3n) is 3.90. The predicted molar refractivity (Wildman–Crippen MR) is 88.5 cm³/mol. The van der Waals surface area contributed by atoms with Gasteiger partial charge >= 0.3 is 6.03 Å². The van der Waals surface area contributed by atoms with Crippen LogP contribution in [0.3, 0.4) is 0 Å². The van der Waals surface area contributed by atoms with Gasteiger partial charge in [0.15, 0.2) is 0 Å². The first-order valence-corrected chi connectivity index (χ1v) is 7.93. The number of nitrogens with zero attached hydrogens (tertiary/aromatic N) is 1. The minimum absolute atomic E-state index is 0.139. The molecule has 1 aliphatic heterocycles. The lowest BCUT2D eigenvalue weighted by Gasteiger charge is -2.25. The van der Waals surface area contributed by atoms with Crippen molar-refractivity contribution in [3.05, 3.63) is 59.9 Å². The molecule has 1 aliphatic rings. The summed E-state index contributed by atoms with van der Waals surface area (Å²) < 4.78 is 5.73. The van der Waals surface area contributed by atoms with E-state index in [-0.39, 0.29) is 6.03 Å². The zero-order chi connectivity index (χ0) is 15.9. The number of hydrogen-bond donors (Lipinski definition) is 2. The highest BCUT2D eigenvalue weighted by molar-refractivity contribution is 5.73. The zero-order valence-electron chi connectivity index (χ0n) is 13.0. The number of para-hydroxylation sites is 1. The number of hydrogen-bond acceptors (Lipinski definition) is 3. The first-order chi connectivity index (χ1) is 11.3. The van der Waals surface area contributed by atoms with E-state index < -0.39 is 0 Å². The number of nitrogens with one attached hydrogen (secondary N) is 2. The molecular weight excluding hydrogens is 290 g/mol. The van der Waals surface area contributed by atoms with E-state index in [2.05, 4.69) is 21.7 Å². The van der Waals surface area contributed by atoms with E-state index >= 15 is 0 Å². The normalized spacial score (nSPS) is 16.1. The van der Waals surface area contributed by atoms with E-state index in [4.69, 9.17) is 4.74 Å². The minimum atomic E-state index is -0.139. The van der Waals surface area contributed by atoms with Gasteiger partial charge in [0.25, 0.3) is 0 Å². The summed E-state index contributed by atoms with van der Waals surface area (Å²) in [5.41, 5.74) is 2.19. The molecule has 1 aromatic carbocycles. The van der Waals surface area contributed by atoms with Crippen LogP contribution in [0.15, 0.2) is 48.7 Å². The Bertz CT molecular complexity index is 646. The van der Waals surface area contributed by atoms with Crippen molar-refractivity contribution in [2.75, 3.05) is 19.7 Å². The summed E-state index contributed by atoms with van der Waals surface area (Å²) in [4.78, 5) is 16.1. The van der Waals surface area contributed by atoms with Gasteiger partial charge < -0.3 is 15.4 Å². The van der Waals surface area contributed by atoms with Gasteiger partial charge in [-0.15, -0.1) is 0 Å². The molecule has 3 rings (SSSR count). The van der Waals surface area contributed by atoms with Crippen LogP contribution in [0.2, 0.25) is 0 Å². The first-order valence-electron chi connectivity index (χ1n) is 7.93. The Kier molecular flexibility index (Phi) is 5.09. The summed E-state index contributed by atoms with van der Waals surface area (Å²) >= 11 is 0. The van der Waals surface area contributed by atoms with Crippen LogP contribution in [0.4, 0.5) is 4.79 Å². The molecule has 1 aromatic heterocycles. The fraction of sp³-hybridized carbons (Fsp3) is 0.333. The highest BCUT2D eigenvalue weighted by Gasteiger charge is 2.19. The summed E-state index contributed by atoms with van der Waals surface area (Å²) in [6.45, 7) is 1.84. The molecule has 0 bridgehead atoms. The highest BCUT2D eigenvalue weighted by atomic mass is 16.5. The summed E-state index contributed by atoms with van der Waals surface area (Å²) in [6, 6.07) is 13.7. The highest BCUT2D eigenvalue weighted by Crippen LogP contribution is 2.26. The number of urea groups is 1. The number of amides is 2. The van der Waals surface area contributed by atoms with Gasteiger partial charge in [-0.1, -0.05) is 24.3 Å². The topological polar surface area (TPSA) is 63.2 Å². The third-order valence-corrected chi connectivity index (χ3v) is 3.90. The number of fused-ring (bicyclic) bond motifs is 1. The van der Waals surface area contributed by atoms with Crippen molar-refractivity contribution in [1.29, 1.82) is 0 Å². The smallest absolute Gasteiger partial charge is 0.314 e. The summed E-state index contributed by atoms with van der Waals surface area (Å²) in [5, 5.41) is 5.78. The lowest BCUT2D eigenvalue weighted by Crippen LogP contribution is -2.41. The van der Waals surface area contributed by atoms with E-state index in [1.807, 2.05) is 36.4 Å². The monoisotopic (exact) mass is 311 g/mol. The standard InChI is InChI=1S/C18H21N3O2/c22-18(20-10-8-16-6-3-4-9-19-16)21-12-14-11-15-5-1-2-7-17(15)23-13-14/h1-7,9,14H,8,10-13H2,(H2,20,21,22)/t14-/m1/s1. The summed E-state index contributed by atoms with van der Waals surface area (Å²) in [7, 11) is 0. The Morgan fingerprint density at radius 1 is 1.17 bits per heavy atom. The Labute approximate surface area is 136 Å². The van der Waals surface area contributed by atoms with Gasteiger partial charge in [-0.2, -0.15) is 0 Å². The van der Waals surface area contributed by atoms with Gasteiger partial charge in [-0.25, -0.2) is 4.79 Å². The van der Waals surface area contributed by atoms with E-state index in [9.17, 15) is 4.79 Å². The molecular formula is C18H21N3O2. The predicted octanol–water partition coefficient (Wildman–Crippen LogP) is 2.17. The van der Waals surface area contributed by atoms with Crippen LogP contribution in [0, 0.1) is 5.92 Å². The maximum absolute atomic E-state index is 11.8. The van der Waals surface area contributed by atoms with Crippen molar-refractivity contribution in [3.63, 3.8) is 0 Å². The van der Waals surface area contributed by atoms with Crippen molar-refractivity contribution in [1.82, 2.24) is 15.6 Å². The maximum atomic E-state index is 11.8. The van der Waals surface area contributed by atoms with Gasteiger partial charge in [0, 0.05) is 37.3 Å². The third kappa shape index (κ3) is 4.45. The van der Waals surface area contributed by atoms with Crippen LogP contribution < -0.4 is 15.4 Å². The molecule has 0 saturated carbocycles. The van der Waals surface area contributed by atoms with Crippen LogP contribution in [-0.4, -0.2) is 30.7 Å². The Balaban J connectivity index is 1.37. The van der Waals surface area contributed by atoms with E-state index in [1.165, 1.54) is 5.56 Å². The van der Waals surface area contributed by atoms with Crippen LogP contribution >= 0.6 is 0 Å². The molecule has 5 heteroatoms. The average molecular weight is 311 g/mol. The van der Waals surface area contributed by atoms with E-state index in [1.54, 1.807) is 6.20 Å². The SMILES string of the molecule is O=C(NCCc1ccccn1)NC[C@@H]1COc2ccccc2C1. The van der Waals surface area contributed by atoms with Gasteiger partial charge in [-0.05, 0) is 30.2 Å². The van der Waals surface area contributed by atoms with Crippen LogP contribution in [0.5, 0.6) is 5.75 Å². The average Bonchev–Trinajstić information content (AvgIpc) is 2.61. The molecule has 1 atom stereocenters. The number of aromatic nitrogens is 1. The molecule has 120 valence electrons. The number of pyridine rings is 1. The second-order valence-electron chi connectivity index (χ2n) is 5.70. The number of rotatable bonds is 5. The molecule has 2 heterocycles. The molecule has 23 heavy (non-hydrogen) atoms. The number of carbonyl (C=O) groups excluding carboxylic acids is 1. The fourth-order valence-corrected chi connectivity index (χ4v) is 2.67. The van der Waals surface area contributed by atoms with E-state index in [0.717, 1.165) is 24.3 Å². The Morgan fingerprint density at radius 3 is 2.91 bits per heavy atom. The Morgan fingerprint density at radius 2 is 2.04 bits per heavy atom. The molecule has 5 nitrogen and oxygen atoms in total. The molecule has 0 radical (unpaired) electrons. The van der Waals surface area contributed by atoms with Crippen LogP contribution in [-0.2, 0) is 12.8 Å². The van der Waals surface area contributed by atoms with Crippen molar-refractivity contribution < 1.29 is 9.53 Å². The summed E-state index contributed by atoms with van der Waals surface area (Å²) in [6.07, 6.45) is 3.43. The second kappa shape index (κ2) is 7.63. The van der Waals surface area contributed by atoms with Gasteiger partial charge in [0.2, 0.25) is 0 Å². The molecule has 0 saturated heterocycles. The zero-order valence-corrected chi connectivity index (χ0v) is 13.0. The van der Waals surface area contributed by atoms with Gasteiger partial charge in [0.05, 0.1) is 6.61 Å². The van der Waals surface area contributed by atoms with Crippen molar-refractivity contribution in [3.8, 4) is 5.75 Å². The molecule has 0 unspecified atom stereocenters. The molecule has 2 aromatic rings. The largest absolute Gasteiger partial charge is 0.493 e. The number of ether oxygens (including phenoxy) is 1. The molecule has 0 aliphatic carbocycles. The van der Waals surface area contributed by atoms with Crippen LogP contribution in [0.25, 0.3) is 0 Å². The van der Waals surface area contributed by atoms with Crippen molar-refractivity contribution >= 4 is 6.03 Å². The minimum Gasteiger partial charge on any atom is -0.493 e. The second-order valence-corrected chi connectivity index (χ2v) is 5.70.